The molecule has 0 bridgehead atoms. The number of benzene rings is 1. The number of rotatable bonds is 10. The normalized spacial score (nSPS) is 11.6. The third-order valence-electron chi connectivity index (χ3n) is 3.46. The van der Waals surface area contributed by atoms with Crippen LogP contribution in [0, 0.1) is 0 Å². The zero-order chi connectivity index (χ0) is 21.7. The number of alkyl carbamates (subject to hydrolysis) is 1. The Balaban J connectivity index is 2.63. The summed E-state index contributed by atoms with van der Waals surface area (Å²) in [4.78, 5) is 39.0. The molecule has 0 saturated heterocycles. The molecular formula is C19H27N5O5. The van der Waals surface area contributed by atoms with Gasteiger partial charge in [-0.1, -0.05) is 35.4 Å². The van der Waals surface area contributed by atoms with Crippen LogP contribution >= 0.6 is 0 Å². The standard InChI is InChI=1S/C19H27N5O5/c1-19(2,3)29-18(27)23-15(9-10-16(25)21-11-12-22-24-20)17(26)28-13-14-7-5-4-6-8-14/h4-8,15H,9-13H2,1-3H3,(H,21,25)(H,23,27). The number of ether oxygens (including phenoxy) is 2. The fraction of sp³-hybridized carbons (Fsp3) is 0.526. The van der Waals surface area contributed by atoms with Gasteiger partial charge in [-0.3, -0.25) is 4.79 Å². The van der Waals surface area contributed by atoms with Crippen LogP contribution in [-0.4, -0.2) is 42.7 Å². The summed E-state index contributed by atoms with van der Waals surface area (Å²) < 4.78 is 10.4. The van der Waals surface area contributed by atoms with Crippen molar-refractivity contribution >= 4 is 18.0 Å². The summed E-state index contributed by atoms with van der Waals surface area (Å²) in [5, 5.41) is 8.33. The van der Waals surface area contributed by atoms with Crippen molar-refractivity contribution in [2.75, 3.05) is 13.1 Å². The van der Waals surface area contributed by atoms with Gasteiger partial charge in [-0.05, 0) is 38.3 Å². The molecule has 1 aromatic rings. The van der Waals surface area contributed by atoms with E-state index in [1.807, 2.05) is 18.2 Å². The van der Waals surface area contributed by atoms with Crippen LogP contribution in [0.25, 0.3) is 10.4 Å². The van der Waals surface area contributed by atoms with Crippen molar-refractivity contribution in [3.63, 3.8) is 0 Å². The van der Waals surface area contributed by atoms with Gasteiger partial charge in [-0.25, -0.2) is 9.59 Å². The van der Waals surface area contributed by atoms with E-state index in [1.165, 1.54) is 0 Å². The summed E-state index contributed by atoms with van der Waals surface area (Å²) in [6.07, 6.45) is -0.778. The van der Waals surface area contributed by atoms with Crippen LogP contribution in [0.3, 0.4) is 0 Å². The highest BCUT2D eigenvalue weighted by molar-refractivity contribution is 5.83. The molecule has 0 aliphatic heterocycles. The number of hydrogen-bond acceptors (Lipinski definition) is 6. The second-order valence-electron chi connectivity index (χ2n) is 7.14. The van der Waals surface area contributed by atoms with Crippen molar-refractivity contribution in [2.24, 2.45) is 5.11 Å². The van der Waals surface area contributed by atoms with Gasteiger partial charge in [-0.2, -0.15) is 0 Å². The lowest BCUT2D eigenvalue weighted by Gasteiger charge is -2.23. The number of nitrogens with one attached hydrogen (secondary N) is 2. The quantitative estimate of drug-likeness (QED) is 0.202. The first-order valence-electron chi connectivity index (χ1n) is 9.19. The summed E-state index contributed by atoms with van der Waals surface area (Å²) in [5.74, 6) is -1.01. The maximum atomic E-state index is 12.5. The maximum Gasteiger partial charge on any atom is 0.408 e. The highest BCUT2D eigenvalue weighted by Crippen LogP contribution is 2.09. The minimum atomic E-state index is -1.04. The van der Waals surface area contributed by atoms with Crippen LogP contribution in [0.2, 0.25) is 0 Å². The van der Waals surface area contributed by atoms with Gasteiger partial charge >= 0.3 is 12.1 Å². The number of nitrogens with zero attached hydrogens (tertiary/aromatic N) is 3. The minimum Gasteiger partial charge on any atom is -0.459 e. The molecule has 2 N–H and O–H groups in total. The topological polar surface area (TPSA) is 142 Å². The van der Waals surface area contributed by atoms with E-state index in [-0.39, 0.29) is 38.4 Å². The Hall–Kier alpha value is -3.26. The largest absolute Gasteiger partial charge is 0.459 e. The monoisotopic (exact) mass is 405 g/mol. The van der Waals surface area contributed by atoms with Crippen LogP contribution in [0.15, 0.2) is 35.4 Å². The summed E-state index contributed by atoms with van der Waals surface area (Å²) in [6.45, 7) is 5.46. The van der Waals surface area contributed by atoms with Crippen LogP contribution in [0.5, 0.6) is 0 Å². The number of hydrogen-bond donors (Lipinski definition) is 2. The molecule has 2 amide bonds. The van der Waals surface area contributed by atoms with Crippen molar-refractivity contribution in [2.45, 2.75) is 51.9 Å². The molecule has 0 aliphatic rings. The molecule has 0 aromatic heterocycles. The van der Waals surface area contributed by atoms with E-state index in [0.29, 0.717) is 0 Å². The lowest BCUT2D eigenvalue weighted by molar-refractivity contribution is -0.147. The highest BCUT2D eigenvalue weighted by atomic mass is 16.6. The van der Waals surface area contributed by atoms with E-state index in [1.54, 1.807) is 32.9 Å². The molecule has 0 heterocycles. The Labute approximate surface area is 169 Å². The third kappa shape index (κ3) is 11.2. The minimum absolute atomic E-state index is 0.0280. The van der Waals surface area contributed by atoms with E-state index in [0.717, 1.165) is 5.56 Å². The number of amides is 2. The van der Waals surface area contributed by atoms with E-state index in [9.17, 15) is 14.4 Å². The molecule has 0 fully saturated rings. The predicted molar refractivity (Wildman–Crippen MR) is 106 cm³/mol. The Kier molecular flexibility index (Phi) is 10.0. The lowest BCUT2D eigenvalue weighted by atomic mass is 10.1. The Bertz CT molecular complexity index is 726. The average Bonchev–Trinajstić information content (AvgIpc) is 2.66. The highest BCUT2D eigenvalue weighted by Gasteiger charge is 2.26. The molecule has 1 atom stereocenters. The van der Waals surface area contributed by atoms with Gasteiger partial charge in [-0.15, -0.1) is 0 Å². The fourth-order valence-corrected chi connectivity index (χ4v) is 2.18. The Morgan fingerprint density at radius 2 is 1.90 bits per heavy atom. The van der Waals surface area contributed by atoms with Gasteiger partial charge in [0.25, 0.3) is 0 Å². The van der Waals surface area contributed by atoms with Crippen molar-refractivity contribution in [3.8, 4) is 0 Å². The number of esters is 1. The molecular weight excluding hydrogens is 378 g/mol. The van der Waals surface area contributed by atoms with Crippen molar-refractivity contribution < 1.29 is 23.9 Å². The molecule has 0 spiro atoms. The van der Waals surface area contributed by atoms with E-state index in [4.69, 9.17) is 15.0 Å². The fourth-order valence-electron chi connectivity index (χ4n) is 2.18. The van der Waals surface area contributed by atoms with Crippen molar-refractivity contribution in [1.82, 2.24) is 10.6 Å². The van der Waals surface area contributed by atoms with Crippen LogP contribution in [0.4, 0.5) is 4.79 Å². The van der Waals surface area contributed by atoms with Gasteiger partial charge in [0.15, 0.2) is 0 Å². The van der Waals surface area contributed by atoms with Crippen molar-refractivity contribution in [3.05, 3.63) is 46.3 Å². The van der Waals surface area contributed by atoms with E-state index in [2.05, 4.69) is 20.7 Å². The Morgan fingerprint density at radius 1 is 1.21 bits per heavy atom. The first-order chi connectivity index (χ1) is 13.7. The van der Waals surface area contributed by atoms with E-state index < -0.39 is 23.7 Å². The molecule has 1 rings (SSSR count). The van der Waals surface area contributed by atoms with Gasteiger partial charge in [0.05, 0.1) is 0 Å². The molecule has 1 aromatic carbocycles. The number of azide groups is 1. The molecule has 1 unspecified atom stereocenters. The number of carbonyl (C=O) groups excluding carboxylic acids is 3. The summed E-state index contributed by atoms with van der Waals surface area (Å²) in [7, 11) is 0. The first-order valence-corrected chi connectivity index (χ1v) is 9.19. The van der Waals surface area contributed by atoms with Crippen molar-refractivity contribution in [1.29, 1.82) is 0 Å². The molecule has 0 saturated carbocycles. The molecule has 0 aliphatic carbocycles. The SMILES string of the molecule is CC(C)(C)OC(=O)NC(CCC(=O)NCCN=[N+]=[N-])C(=O)OCc1ccccc1. The van der Waals surface area contributed by atoms with Crippen LogP contribution in [-0.2, 0) is 25.7 Å². The van der Waals surface area contributed by atoms with Crippen LogP contribution < -0.4 is 10.6 Å². The zero-order valence-corrected chi connectivity index (χ0v) is 16.9. The molecule has 158 valence electrons. The maximum absolute atomic E-state index is 12.5. The first kappa shape index (κ1) is 23.8. The molecule has 10 nitrogen and oxygen atoms in total. The molecule has 29 heavy (non-hydrogen) atoms. The Morgan fingerprint density at radius 3 is 2.52 bits per heavy atom. The van der Waals surface area contributed by atoms with Gasteiger partial charge in [0, 0.05) is 24.4 Å². The third-order valence-corrected chi connectivity index (χ3v) is 3.46. The second-order valence-corrected chi connectivity index (χ2v) is 7.14. The van der Waals surface area contributed by atoms with Gasteiger partial charge < -0.3 is 20.1 Å². The molecule has 0 radical (unpaired) electrons. The van der Waals surface area contributed by atoms with E-state index >= 15 is 0 Å². The predicted octanol–water partition coefficient (Wildman–Crippen LogP) is 2.83. The van der Waals surface area contributed by atoms with Gasteiger partial charge in [0.1, 0.15) is 18.2 Å². The smallest absolute Gasteiger partial charge is 0.408 e. The summed E-state index contributed by atoms with van der Waals surface area (Å²) in [5.41, 5.74) is 8.27. The second kappa shape index (κ2) is 12.2. The zero-order valence-electron chi connectivity index (χ0n) is 16.9. The van der Waals surface area contributed by atoms with Crippen LogP contribution in [0.1, 0.15) is 39.2 Å². The summed E-state index contributed by atoms with van der Waals surface area (Å²) in [6, 6.07) is 8.05. The molecule has 10 heteroatoms. The average molecular weight is 405 g/mol. The number of carbonyl (C=O) groups is 3. The van der Waals surface area contributed by atoms with Gasteiger partial charge in [0.2, 0.25) is 5.91 Å². The summed E-state index contributed by atoms with van der Waals surface area (Å²) >= 11 is 0. The lowest BCUT2D eigenvalue weighted by Crippen LogP contribution is -2.44.